The summed E-state index contributed by atoms with van der Waals surface area (Å²) in [6.07, 6.45) is 12.6. The highest BCUT2D eigenvalue weighted by Gasteiger charge is 2.08. The maximum Gasteiger partial charge on any atom is 0.339 e. The van der Waals surface area contributed by atoms with Crippen molar-refractivity contribution in [3.8, 4) is 5.95 Å². The van der Waals surface area contributed by atoms with Gasteiger partial charge < -0.3 is 14.3 Å². The molecule has 1 aromatic heterocycles. The molecule has 4 nitrogen and oxygen atoms in total. The molecule has 0 saturated heterocycles. The van der Waals surface area contributed by atoms with Crippen molar-refractivity contribution < 1.29 is 19.1 Å². The molecule has 0 aliphatic heterocycles. The zero-order valence-electron chi connectivity index (χ0n) is 12.4. The Bertz CT molecular complexity index is 370. The summed E-state index contributed by atoms with van der Waals surface area (Å²) in [5.41, 5.74) is 0.132. The summed E-state index contributed by atoms with van der Waals surface area (Å²) in [5.74, 6) is -0.700. The van der Waals surface area contributed by atoms with Gasteiger partial charge in [0.25, 0.3) is 5.95 Å². The molecule has 0 aromatic carbocycles. The van der Waals surface area contributed by atoms with Crippen LogP contribution in [-0.4, -0.2) is 17.7 Å². The second kappa shape index (κ2) is 10.4. The molecule has 114 valence electrons. The van der Waals surface area contributed by atoms with E-state index in [-0.39, 0.29) is 5.56 Å². The fourth-order valence-electron chi connectivity index (χ4n) is 2.09. The molecule has 0 bridgehead atoms. The smallest absolute Gasteiger partial charge is 0.339 e. The van der Waals surface area contributed by atoms with Gasteiger partial charge in [0, 0.05) is 6.07 Å². The lowest BCUT2D eigenvalue weighted by molar-refractivity contribution is 0.0696. The van der Waals surface area contributed by atoms with Crippen LogP contribution in [0.3, 0.4) is 0 Å². The number of unbranched alkanes of at least 4 members (excludes halogenated alkanes) is 8. The Kier molecular flexibility index (Phi) is 8.59. The molecule has 20 heavy (non-hydrogen) atoms. The van der Waals surface area contributed by atoms with Crippen LogP contribution in [0.2, 0.25) is 0 Å². The third-order valence-corrected chi connectivity index (χ3v) is 3.31. The first-order chi connectivity index (χ1) is 9.74. The third kappa shape index (κ3) is 7.22. The first kappa shape index (κ1) is 16.6. The number of carbonyl (C=O) groups is 1. The summed E-state index contributed by atoms with van der Waals surface area (Å²) in [7, 11) is 0. The molecule has 1 N–H and O–H groups in total. The van der Waals surface area contributed by atoms with Crippen LogP contribution in [0, 0.1) is 0 Å². The molecule has 0 aliphatic carbocycles. The van der Waals surface area contributed by atoms with Gasteiger partial charge in [-0.15, -0.1) is 0 Å². The summed E-state index contributed by atoms with van der Waals surface area (Å²) in [6, 6.07) is 1.41. The lowest BCUT2D eigenvalue weighted by Gasteiger charge is -2.03. The zero-order valence-corrected chi connectivity index (χ0v) is 12.4. The van der Waals surface area contributed by atoms with E-state index in [0.717, 1.165) is 12.8 Å². The van der Waals surface area contributed by atoms with Crippen molar-refractivity contribution in [2.24, 2.45) is 0 Å². The quantitative estimate of drug-likeness (QED) is 0.555. The molecule has 0 amide bonds. The van der Waals surface area contributed by atoms with Gasteiger partial charge >= 0.3 is 5.97 Å². The highest BCUT2D eigenvalue weighted by molar-refractivity contribution is 5.87. The van der Waals surface area contributed by atoms with E-state index in [0.29, 0.717) is 12.6 Å². The standard InChI is InChI=1S/C16H26O4/c1-2-3-4-5-6-7-8-9-10-11-19-15-12-14(13-20-15)16(17)18/h12-13H,2-11H2,1H3,(H,17,18). The number of carboxylic acids is 1. The first-order valence-electron chi connectivity index (χ1n) is 7.68. The number of aromatic carboxylic acids is 1. The molecule has 0 atom stereocenters. The van der Waals surface area contributed by atoms with Gasteiger partial charge in [0.05, 0.1) is 6.61 Å². The van der Waals surface area contributed by atoms with E-state index < -0.39 is 5.97 Å². The van der Waals surface area contributed by atoms with Crippen molar-refractivity contribution >= 4 is 5.97 Å². The van der Waals surface area contributed by atoms with Crippen LogP contribution in [0.4, 0.5) is 0 Å². The highest BCUT2D eigenvalue weighted by atomic mass is 16.6. The Morgan fingerprint density at radius 2 is 1.70 bits per heavy atom. The van der Waals surface area contributed by atoms with E-state index in [1.807, 2.05) is 0 Å². The molecule has 1 rings (SSSR count). The monoisotopic (exact) mass is 282 g/mol. The van der Waals surface area contributed by atoms with Crippen LogP contribution >= 0.6 is 0 Å². The second-order valence-electron chi connectivity index (χ2n) is 5.14. The lowest BCUT2D eigenvalue weighted by atomic mass is 10.1. The average molecular weight is 282 g/mol. The number of ether oxygens (including phenoxy) is 1. The minimum absolute atomic E-state index is 0.132. The molecule has 4 heteroatoms. The van der Waals surface area contributed by atoms with Gasteiger partial charge in [-0.2, -0.15) is 0 Å². The van der Waals surface area contributed by atoms with E-state index >= 15 is 0 Å². The van der Waals surface area contributed by atoms with Crippen molar-refractivity contribution in [2.75, 3.05) is 6.61 Å². The SMILES string of the molecule is CCCCCCCCCCCOc1cc(C(=O)O)co1. The van der Waals surface area contributed by atoms with Gasteiger partial charge in [-0.25, -0.2) is 4.79 Å². The van der Waals surface area contributed by atoms with Crippen molar-refractivity contribution in [2.45, 2.75) is 64.7 Å². The molecule has 0 spiro atoms. The summed E-state index contributed by atoms with van der Waals surface area (Å²) >= 11 is 0. The fourth-order valence-corrected chi connectivity index (χ4v) is 2.09. The fraction of sp³-hybridized carbons (Fsp3) is 0.688. The van der Waals surface area contributed by atoms with Crippen LogP contribution < -0.4 is 4.74 Å². The lowest BCUT2D eigenvalue weighted by Crippen LogP contribution is -1.96. The van der Waals surface area contributed by atoms with Crippen LogP contribution in [0.25, 0.3) is 0 Å². The summed E-state index contributed by atoms with van der Waals surface area (Å²) in [6.45, 7) is 2.82. The summed E-state index contributed by atoms with van der Waals surface area (Å²) < 4.78 is 10.4. The maximum absolute atomic E-state index is 10.6. The van der Waals surface area contributed by atoms with E-state index in [2.05, 4.69) is 6.92 Å². The largest absolute Gasteiger partial charge is 0.478 e. The Morgan fingerprint density at radius 1 is 1.10 bits per heavy atom. The summed E-state index contributed by atoms with van der Waals surface area (Å²) in [4.78, 5) is 10.6. The molecule has 1 heterocycles. The highest BCUT2D eigenvalue weighted by Crippen LogP contribution is 2.16. The van der Waals surface area contributed by atoms with Gasteiger partial charge in [0.2, 0.25) is 0 Å². The number of rotatable bonds is 12. The molecular formula is C16H26O4. The summed E-state index contributed by atoms with van der Waals surface area (Å²) in [5, 5.41) is 8.73. The molecule has 0 unspecified atom stereocenters. The van der Waals surface area contributed by atoms with Crippen LogP contribution in [0.5, 0.6) is 5.95 Å². The molecule has 0 fully saturated rings. The normalized spacial score (nSPS) is 10.7. The second-order valence-corrected chi connectivity index (χ2v) is 5.14. The Morgan fingerprint density at radius 3 is 2.25 bits per heavy atom. The minimum Gasteiger partial charge on any atom is -0.478 e. The molecule has 0 saturated carbocycles. The van der Waals surface area contributed by atoms with Crippen molar-refractivity contribution in [3.05, 3.63) is 17.9 Å². The number of hydrogen-bond donors (Lipinski definition) is 1. The molecule has 0 aliphatic rings. The van der Waals surface area contributed by atoms with E-state index in [1.54, 1.807) is 0 Å². The van der Waals surface area contributed by atoms with Crippen molar-refractivity contribution in [1.29, 1.82) is 0 Å². The predicted molar refractivity (Wildman–Crippen MR) is 78.4 cm³/mol. The van der Waals surface area contributed by atoms with Gasteiger partial charge in [0.15, 0.2) is 0 Å². The molecule has 0 radical (unpaired) electrons. The van der Waals surface area contributed by atoms with Crippen molar-refractivity contribution in [1.82, 2.24) is 0 Å². The van der Waals surface area contributed by atoms with E-state index in [4.69, 9.17) is 14.3 Å². The van der Waals surface area contributed by atoms with Crippen LogP contribution in [-0.2, 0) is 0 Å². The van der Waals surface area contributed by atoms with Crippen LogP contribution in [0.15, 0.2) is 16.7 Å². The Balaban J connectivity index is 1.93. The zero-order chi connectivity index (χ0) is 14.6. The third-order valence-electron chi connectivity index (χ3n) is 3.31. The van der Waals surface area contributed by atoms with Gasteiger partial charge in [0.1, 0.15) is 11.8 Å². The first-order valence-corrected chi connectivity index (χ1v) is 7.68. The van der Waals surface area contributed by atoms with Gasteiger partial charge in [-0.3, -0.25) is 0 Å². The number of hydrogen-bond acceptors (Lipinski definition) is 3. The Labute approximate surface area is 121 Å². The molecule has 1 aromatic rings. The minimum atomic E-state index is -0.994. The van der Waals surface area contributed by atoms with Crippen LogP contribution in [0.1, 0.15) is 75.1 Å². The van der Waals surface area contributed by atoms with E-state index in [9.17, 15) is 4.79 Å². The Hall–Kier alpha value is -1.45. The maximum atomic E-state index is 10.6. The number of carboxylic acid groups (broad SMARTS) is 1. The molecular weight excluding hydrogens is 256 g/mol. The topological polar surface area (TPSA) is 59.7 Å². The van der Waals surface area contributed by atoms with Gasteiger partial charge in [-0.05, 0) is 6.42 Å². The number of furan rings is 1. The average Bonchev–Trinajstić information content (AvgIpc) is 2.90. The van der Waals surface area contributed by atoms with Crippen molar-refractivity contribution in [3.63, 3.8) is 0 Å². The van der Waals surface area contributed by atoms with E-state index in [1.165, 1.54) is 57.3 Å². The van der Waals surface area contributed by atoms with Gasteiger partial charge in [-0.1, -0.05) is 58.3 Å². The predicted octanol–water partition coefficient (Wildman–Crippen LogP) is 4.89.